The smallest absolute Gasteiger partial charge is 0.140 e. The predicted molar refractivity (Wildman–Crippen MR) is 77.9 cm³/mol. The zero-order valence-electron chi connectivity index (χ0n) is 9.96. The minimum atomic E-state index is -0.293. The molecule has 0 radical (unpaired) electrons. The average Bonchev–Trinajstić information content (AvgIpc) is 2.41. The zero-order valence-corrected chi connectivity index (χ0v) is 12.4. The van der Waals surface area contributed by atoms with Crippen LogP contribution in [0.5, 0.6) is 0 Å². The Labute approximate surface area is 123 Å². The number of aromatic amines is 1. The Bertz CT molecular complexity index is 699. The highest BCUT2D eigenvalue weighted by molar-refractivity contribution is 9.10. The molecule has 1 aliphatic heterocycles. The maximum absolute atomic E-state index is 13.4. The fourth-order valence-corrected chi connectivity index (χ4v) is 2.89. The number of benzene rings is 1. The van der Waals surface area contributed by atoms with E-state index >= 15 is 0 Å². The van der Waals surface area contributed by atoms with Crippen molar-refractivity contribution in [3.05, 3.63) is 44.4 Å². The number of nitrogens with one attached hydrogen (secondary N) is 2. The Morgan fingerprint density at radius 2 is 2.21 bits per heavy atom. The molecule has 0 bridgehead atoms. The van der Waals surface area contributed by atoms with Crippen LogP contribution in [0.25, 0.3) is 11.4 Å². The van der Waals surface area contributed by atoms with Gasteiger partial charge in [-0.3, -0.25) is 0 Å². The molecule has 0 unspecified atom stereocenters. The van der Waals surface area contributed by atoms with Gasteiger partial charge in [0.1, 0.15) is 16.3 Å². The molecule has 2 aromatic rings. The van der Waals surface area contributed by atoms with Crippen LogP contribution in [-0.2, 0) is 13.0 Å². The maximum Gasteiger partial charge on any atom is 0.140 e. The second kappa shape index (κ2) is 5.11. The van der Waals surface area contributed by atoms with Crippen LogP contribution in [0, 0.1) is 10.5 Å². The number of fused-ring (bicyclic) bond motifs is 1. The minimum absolute atomic E-state index is 0.293. The topological polar surface area (TPSA) is 40.7 Å². The molecule has 3 nitrogen and oxygen atoms in total. The molecule has 1 aromatic heterocycles. The summed E-state index contributed by atoms with van der Waals surface area (Å²) in [6.07, 6.45) is 0.876. The van der Waals surface area contributed by atoms with Crippen molar-refractivity contribution >= 4 is 28.1 Å². The third-order valence-corrected chi connectivity index (χ3v) is 4.17. The van der Waals surface area contributed by atoms with E-state index in [2.05, 4.69) is 31.2 Å². The van der Waals surface area contributed by atoms with Crippen molar-refractivity contribution in [2.45, 2.75) is 13.0 Å². The summed E-state index contributed by atoms with van der Waals surface area (Å²) in [4.78, 5) is 7.66. The quantitative estimate of drug-likeness (QED) is 0.783. The Balaban J connectivity index is 2.18. The van der Waals surface area contributed by atoms with Gasteiger partial charge in [0.15, 0.2) is 0 Å². The van der Waals surface area contributed by atoms with E-state index < -0.39 is 0 Å². The molecule has 98 valence electrons. The van der Waals surface area contributed by atoms with E-state index in [9.17, 15) is 4.39 Å². The van der Waals surface area contributed by atoms with Gasteiger partial charge in [0, 0.05) is 40.8 Å². The number of aromatic nitrogens is 2. The molecular formula is C13H11BrFN3S. The lowest BCUT2D eigenvalue weighted by atomic mass is 10.1. The van der Waals surface area contributed by atoms with Gasteiger partial charge in [0.05, 0.1) is 0 Å². The van der Waals surface area contributed by atoms with Crippen molar-refractivity contribution < 1.29 is 4.39 Å². The monoisotopic (exact) mass is 339 g/mol. The van der Waals surface area contributed by atoms with Gasteiger partial charge in [-0.1, -0.05) is 28.1 Å². The molecule has 1 aromatic carbocycles. The second-order valence-corrected chi connectivity index (χ2v) is 5.64. The van der Waals surface area contributed by atoms with Crippen molar-refractivity contribution in [2.24, 2.45) is 0 Å². The standard InChI is InChI=1S/C13H11BrFN3S/c14-10-2-1-7(15)5-8(10)12-17-11-3-4-16-6-9(11)13(19)18-12/h1-2,5,16H,3-4,6H2,(H,17,18,19). The number of hydrogen-bond donors (Lipinski definition) is 2. The normalized spacial score (nSPS) is 14.2. The molecule has 0 spiro atoms. The number of hydrogen-bond acceptors (Lipinski definition) is 3. The lowest BCUT2D eigenvalue weighted by Gasteiger charge is -2.18. The number of H-pyrrole nitrogens is 1. The van der Waals surface area contributed by atoms with E-state index in [0.29, 0.717) is 16.0 Å². The Kier molecular flexibility index (Phi) is 3.47. The fourth-order valence-electron chi connectivity index (χ4n) is 2.17. The van der Waals surface area contributed by atoms with Crippen molar-refractivity contribution in [2.75, 3.05) is 6.54 Å². The largest absolute Gasteiger partial charge is 0.343 e. The van der Waals surface area contributed by atoms with Gasteiger partial charge in [-0.25, -0.2) is 9.37 Å². The van der Waals surface area contributed by atoms with Gasteiger partial charge in [-0.05, 0) is 18.2 Å². The fraction of sp³-hybridized carbons (Fsp3) is 0.231. The van der Waals surface area contributed by atoms with Crippen molar-refractivity contribution in [1.29, 1.82) is 0 Å². The van der Waals surface area contributed by atoms with Gasteiger partial charge in [-0.2, -0.15) is 0 Å². The SMILES string of the molecule is Fc1ccc(Br)c(-c2nc(=S)c3c([nH]2)CCNC3)c1. The number of rotatable bonds is 1. The third-order valence-electron chi connectivity index (χ3n) is 3.14. The Hall–Kier alpha value is -1.11. The molecule has 2 heterocycles. The van der Waals surface area contributed by atoms with Crippen LogP contribution in [0.4, 0.5) is 4.39 Å². The predicted octanol–water partition coefficient (Wildman–Crippen LogP) is 3.35. The zero-order chi connectivity index (χ0) is 13.4. The Morgan fingerprint density at radius 1 is 1.37 bits per heavy atom. The average molecular weight is 340 g/mol. The molecule has 2 N–H and O–H groups in total. The van der Waals surface area contributed by atoms with E-state index in [1.54, 1.807) is 6.07 Å². The molecule has 19 heavy (non-hydrogen) atoms. The molecule has 0 saturated heterocycles. The summed E-state index contributed by atoms with van der Waals surface area (Å²) in [5.74, 6) is 0.315. The van der Waals surface area contributed by atoms with Gasteiger partial charge in [0.2, 0.25) is 0 Å². The van der Waals surface area contributed by atoms with E-state index in [1.807, 2.05) is 0 Å². The summed E-state index contributed by atoms with van der Waals surface area (Å²) in [5, 5.41) is 3.27. The van der Waals surface area contributed by atoms with E-state index in [-0.39, 0.29) is 5.82 Å². The lowest BCUT2D eigenvalue weighted by molar-refractivity contribution is 0.622. The molecular weight excluding hydrogens is 329 g/mol. The third kappa shape index (κ3) is 2.48. The highest BCUT2D eigenvalue weighted by Gasteiger charge is 2.15. The van der Waals surface area contributed by atoms with Crippen LogP contribution in [0.1, 0.15) is 11.3 Å². The van der Waals surface area contributed by atoms with Crippen molar-refractivity contribution in [1.82, 2.24) is 15.3 Å². The summed E-state index contributed by atoms with van der Waals surface area (Å²) in [6.45, 7) is 1.65. The van der Waals surface area contributed by atoms with Crippen LogP contribution in [0.3, 0.4) is 0 Å². The second-order valence-electron chi connectivity index (χ2n) is 4.40. The Morgan fingerprint density at radius 3 is 3.05 bits per heavy atom. The van der Waals surface area contributed by atoms with Crippen LogP contribution in [0.2, 0.25) is 0 Å². The van der Waals surface area contributed by atoms with E-state index in [0.717, 1.165) is 35.2 Å². The molecule has 0 aliphatic carbocycles. The summed E-state index contributed by atoms with van der Waals surface area (Å²) in [7, 11) is 0. The minimum Gasteiger partial charge on any atom is -0.343 e. The maximum atomic E-state index is 13.4. The van der Waals surface area contributed by atoms with Gasteiger partial charge in [0.25, 0.3) is 0 Å². The first-order chi connectivity index (χ1) is 9.15. The first kappa shape index (κ1) is 12.9. The van der Waals surface area contributed by atoms with E-state index in [4.69, 9.17) is 12.2 Å². The summed E-state index contributed by atoms with van der Waals surface area (Å²) in [6, 6.07) is 4.53. The molecule has 0 amide bonds. The number of nitrogens with zero attached hydrogens (tertiary/aromatic N) is 1. The van der Waals surface area contributed by atoms with Crippen LogP contribution in [0.15, 0.2) is 22.7 Å². The summed E-state index contributed by atoms with van der Waals surface area (Å²) in [5.41, 5.74) is 2.81. The first-order valence-electron chi connectivity index (χ1n) is 5.93. The van der Waals surface area contributed by atoms with Crippen LogP contribution >= 0.6 is 28.1 Å². The molecule has 0 atom stereocenters. The summed E-state index contributed by atoms with van der Waals surface area (Å²) >= 11 is 8.74. The van der Waals surface area contributed by atoms with E-state index in [1.165, 1.54) is 12.1 Å². The van der Waals surface area contributed by atoms with Crippen LogP contribution in [-0.4, -0.2) is 16.5 Å². The molecule has 6 heteroatoms. The van der Waals surface area contributed by atoms with Crippen LogP contribution < -0.4 is 5.32 Å². The van der Waals surface area contributed by atoms with Gasteiger partial charge >= 0.3 is 0 Å². The molecule has 3 rings (SSSR count). The first-order valence-corrected chi connectivity index (χ1v) is 7.13. The lowest BCUT2D eigenvalue weighted by Crippen LogP contribution is -2.25. The highest BCUT2D eigenvalue weighted by Crippen LogP contribution is 2.27. The highest BCUT2D eigenvalue weighted by atomic mass is 79.9. The van der Waals surface area contributed by atoms with Gasteiger partial charge < -0.3 is 10.3 Å². The molecule has 0 fully saturated rings. The molecule has 1 aliphatic rings. The molecule has 0 saturated carbocycles. The van der Waals surface area contributed by atoms with Crippen molar-refractivity contribution in [3.8, 4) is 11.4 Å². The van der Waals surface area contributed by atoms with Gasteiger partial charge in [-0.15, -0.1) is 0 Å². The number of halogens is 2. The summed E-state index contributed by atoms with van der Waals surface area (Å²) < 4.78 is 14.7. The van der Waals surface area contributed by atoms with Crippen molar-refractivity contribution in [3.63, 3.8) is 0 Å².